The molecule has 2 N–H and O–H groups in total. The van der Waals surface area contributed by atoms with Gasteiger partial charge in [0.15, 0.2) is 0 Å². The highest BCUT2D eigenvalue weighted by atomic mass is 16.4. The summed E-state index contributed by atoms with van der Waals surface area (Å²) in [6.45, 7) is 10.2. The van der Waals surface area contributed by atoms with Crippen molar-refractivity contribution in [3.05, 3.63) is 12.2 Å². The van der Waals surface area contributed by atoms with E-state index in [1.54, 1.807) is 13.8 Å². The zero-order chi connectivity index (χ0) is 11.4. The van der Waals surface area contributed by atoms with Gasteiger partial charge in [0.05, 0.1) is 5.60 Å². The van der Waals surface area contributed by atoms with E-state index in [4.69, 9.17) is 5.11 Å². The monoisotopic (exact) mass is 201 g/mol. The maximum atomic E-state index is 10.5. The molecule has 4 heteroatoms. The van der Waals surface area contributed by atoms with E-state index in [1.165, 1.54) is 0 Å². The first-order valence-corrected chi connectivity index (χ1v) is 4.62. The minimum Gasteiger partial charge on any atom is -0.478 e. The second-order valence-electron chi connectivity index (χ2n) is 4.02. The van der Waals surface area contributed by atoms with Crippen LogP contribution in [0.2, 0.25) is 0 Å². The van der Waals surface area contributed by atoms with E-state index in [0.29, 0.717) is 13.1 Å². The molecule has 0 aromatic rings. The Morgan fingerprint density at radius 1 is 1.50 bits per heavy atom. The summed E-state index contributed by atoms with van der Waals surface area (Å²) in [4.78, 5) is 12.4. The van der Waals surface area contributed by atoms with Gasteiger partial charge in [-0.25, -0.2) is 4.79 Å². The first kappa shape index (κ1) is 13.1. The van der Waals surface area contributed by atoms with Crippen LogP contribution in [0.3, 0.4) is 0 Å². The summed E-state index contributed by atoms with van der Waals surface area (Å²) in [6, 6.07) is 0. The molecule has 0 saturated carbocycles. The van der Waals surface area contributed by atoms with Crippen molar-refractivity contribution in [3.8, 4) is 0 Å². The molecule has 0 aliphatic rings. The highest BCUT2D eigenvalue weighted by Crippen LogP contribution is 2.06. The predicted octanol–water partition coefficient (Wildman–Crippen LogP) is 0.720. The standard InChI is InChI=1S/C10H19NO3/c1-5-11(7-10(3,4)14)6-8(2)9(12)13/h14H,2,5-7H2,1,3-4H3,(H,12,13). The summed E-state index contributed by atoms with van der Waals surface area (Å²) in [6.07, 6.45) is 0. The number of hydrogen-bond acceptors (Lipinski definition) is 3. The van der Waals surface area contributed by atoms with Gasteiger partial charge in [-0.05, 0) is 20.4 Å². The van der Waals surface area contributed by atoms with Crippen LogP contribution in [0, 0.1) is 0 Å². The molecule has 0 aliphatic carbocycles. The normalized spacial score (nSPS) is 11.8. The molecule has 0 unspecified atom stereocenters. The van der Waals surface area contributed by atoms with Crippen LogP contribution in [0.4, 0.5) is 0 Å². The molecule has 0 heterocycles. The SMILES string of the molecule is C=C(CN(CC)CC(C)(C)O)C(=O)O. The lowest BCUT2D eigenvalue weighted by molar-refractivity contribution is -0.133. The molecule has 0 rings (SSSR count). The van der Waals surface area contributed by atoms with Crippen molar-refractivity contribution in [2.75, 3.05) is 19.6 Å². The fourth-order valence-electron chi connectivity index (χ4n) is 1.16. The van der Waals surface area contributed by atoms with Crippen LogP contribution >= 0.6 is 0 Å². The Morgan fingerprint density at radius 3 is 2.29 bits per heavy atom. The molecule has 0 radical (unpaired) electrons. The summed E-state index contributed by atoms with van der Waals surface area (Å²) in [5, 5.41) is 18.2. The molecular weight excluding hydrogens is 182 g/mol. The number of rotatable bonds is 6. The average Bonchev–Trinajstić information content (AvgIpc) is 2.00. The lowest BCUT2D eigenvalue weighted by Gasteiger charge is -2.27. The molecule has 0 bridgehead atoms. The van der Waals surface area contributed by atoms with Crippen LogP contribution in [0.5, 0.6) is 0 Å². The fourth-order valence-corrected chi connectivity index (χ4v) is 1.16. The number of aliphatic carboxylic acids is 1. The van der Waals surface area contributed by atoms with Gasteiger partial charge < -0.3 is 10.2 Å². The number of carboxylic acid groups (broad SMARTS) is 1. The molecular formula is C10H19NO3. The van der Waals surface area contributed by atoms with Crippen LogP contribution < -0.4 is 0 Å². The predicted molar refractivity (Wildman–Crippen MR) is 55.2 cm³/mol. The molecule has 0 spiro atoms. The van der Waals surface area contributed by atoms with Crippen molar-refractivity contribution < 1.29 is 15.0 Å². The first-order chi connectivity index (χ1) is 6.26. The molecule has 82 valence electrons. The molecule has 0 aromatic carbocycles. The van der Waals surface area contributed by atoms with E-state index >= 15 is 0 Å². The molecule has 0 aliphatic heterocycles. The van der Waals surface area contributed by atoms with Crippen LogP contribution in [-0.4, -0.2) is 46.3 Å². The highest BCUT2D eigenvalue weighted by molar-refractivity contribution is 5.86. The fraction of sp³-hybridized carbons (Fsp3) is 0.700. The minimum absolute atomic E-state index is 0.149. The lowest BCUT2D eigenvalue weighted by atomic mass is 10.1. The van der Waals surface area contributed by atoms with Crippen molar-refractivity contribution in [1.82, 2.24) is 4.90 Å². The second kappa shape index (κ2) is 5.12. The number of hydrogen-bond donors (Lipinski definition) is 2. The Morgan fingerprint density at radius 2 is 2.00 bits per heavy atom. The van der Waals surface area contributed by atoms with Gasteiger partial charge in [0.2, 0.25) is 0 Å². The molecule has 0 amide bonds. The summed E-state index contributed by atoms with van der Waals surface area (Å²) >= 11 is 0. The maximum Gasteiger partial charge on any atom is 0.332 e. The van der Waals surface area contributed by atoms with Gasteiger partial charge in [0.1, 0.15) is 0 Å². The Kier molecular flexibility index (Phi) is 4.80. The van der Waals surface area contributed by atoms with Crippen LogP contribution in [0.1, 0.15) is 20.8 Å². The number of nitrogens with zero attached hydrogens (tertiary/aromatic N) is 1. The van der Waals surface area contributed by atoms with Gasteiger partial charge in [0, 0.05) is 18.7 Å². The first-order valence-electron chi connectivity index (χ1n) is 4.62. The summed E-state index contributed by atoms with van der Waals surface area (Å²) in [7, 11) is 0. The number of carbonyl (C=O) groups is 1. The van der Waals surface area contributed by atoms with Crippen molar-refractivity contribution in [1.29, 1.82) is 0 Å². The van der Waals surface area contributed by atoms with Gasteiger partial charge in [-0.3, -0.25) is 4.90 Å². The topological polar surface area (TPSA) is 60.8 Å². The largest absolute Gasteiger partial charge is 0.478 e. The molecule has 14 heavy (non-hydrogen) atoms. The van der Waals surface area contributed by atoms with Crippen molar-refractivity contribution in [3.63, 3.8) is 0 Å². The van der Waals surface area contributed by atoms with Gasteiger partial charge in [-0.1, -0.05) is 13.5 Å². The smallest absolute Gasteiger partial charge is 0.332 e. The van der Waals surface area contributed by atoms with Gasteiger partial charge in [-0.2, -0.15) is 0 Å². The zero-order valence-electron chi connectivity index (χ0n) is 9.08. The third-order valence-electron chi connectivity index (χ3n) is 1.77. The third kappa shape index (κ3) is 5.72. The van der Waals surface area contributed by atoms with E-state index in [0.717, 1.165) is 0 Å². The maximum absolute atomic E-state index is 10.5. The summed E-state index contributed by atoms with van der Waals surface area (Å²) in [5.74, 6) is -0.987. The third-order valence-corrected chi connectivity index (χ3v) is 1.77. The van der Waals surface area contributed by atoms with Gasteiger partial charge >= 0.3 is 5.97 Å². The van der Waals surface area contributed by atoms with E-state index < -0.39 is 11.6 Å². The van der Waals surface area contributed by atoms with Crippen molar-refractivity contribution >= 4 is 5.97 Å². The molecule has 0 fully saturated rings. The molecule has 4 nitrogen and oxygen atoms in total. The van der Waals surface area contributed by atoms with Gasteiger partial charge in [-0.15, -0.1) is 0 Å². The Balaban J connectivity index is 4.17. The van der Waals surface area contributed by atoms with Crippen LogP contribution in [0.15, 0.2) is 12.2 Å². The van der Waals surface area contributed by atoms with Gasteiger partial charge in [0.25, 0.3) is 0 Å². The van der Waals surface area contributed by atoms with E-state index in [9.17, 15) is 9.90 Å². The molecule has 0 atom stereocenters. The Bertz CT molecular complexity index is 218. The zero-order valence-corrected chi connectivity index (χ0v) is 9.08. The Hall–Kier alpha value is -0.870. The van der Waals surface area contributed by atoms with Crippen molar-refractivity contribution in [2.24, 2.45) is 0 Å². The summed E-state index contributed by atoms with van der Waals surface area (Å²) in [5.41, 5.74) is -0.662. The lowest BCUT2D eigenvalue weighted by Crippen LogP contribution is -2.40. The molecule has 0 saturated heterocycles. The average molecular weight is 201 g/mol. The van der Waals surface area contributed by atoms with E-state index in [-0.39, 0.29) is 12.1 Å². The minimum atomic E-state index is -0.987. The second-order valence-corrected chi connectivity index (χ2v) is 4.02. The van der Waals surface area contributed by atoms with Crippen LogP contribution in [-0.2, 0) is 4.79 Å². The number of likely N-dealkylation sites (N-methyl/N-ethyl adjacent to an activating group) is 1. The summed E-state index contributed by atoms with van der Waals surface area (Å²) < 4.78 is 0. The number of aliphatic hydroxyl groups is 1. The van der Waals surface area contributed by atoms with Crippen molar-refractivity contribution in [2.45, 2.75) is 26.4 Å². The molecule has 0 aromatic heterocycles. The van der Waals surface area contributed by atoms with E-state index in [1.807, 2.05) is 11.8 Å². The highest BCUT2D eigenvalue weighted by Gasteiger charge is 2.18. The van der Waals surface area contributed by atoms with Crippen LogP contribution in [0.25, 0.3) is 0 Å². The quantitative estimate of drug-likeness (QED) is 0.622. The van der Waals surface area contributed by atoms with E-state index in [2.05, 4.69) is 6.58 Å². The number of carboxylic acids is 1. The Labute approximate surface area is 84.8 Å².